The van der Waals surface area contributed by atoms with Crippen molar-refractivity contribution >= 4 is 0 Å². The highest BCUT2D eigenvalue weighted by Gasteiger charge is 2.27. The first kappa shape index (κ1) is 19.9. The molecule has 0 aromatic rings. The van der Waals surface area contributed by atoms with Gasteiger partial charge in [-0.2, -0.15) is 5.06 Å². The minimum Gasteiger partial charge on any atom is -0.390 e. The van der Waals surface area contributed by atoms with E-state index < -0.39 is 0 Å². The Morgan fingerprint density at radius 3 is 1.27 bits per heavy atom. The van der Waals surface area contributed by atoms with Crippen LogP contribution in [-0.2, 0) is 0 Å². The van der Waals surface area contributed by atoms with Gasteiger partial charge in [0.15, 0.2) is 0 Å². The Morgan fingerprint density at radius 1 is 0.727 bits per heavy atom. The Bertz CT molecular complexity index is 240. The first-order valence-electron chi connectivity index (χ1n) is 9.75. The summed E-state index contributed by atoms with van der Waals surface area (Å²) >= 11 is 0. The zero-order chi connectivity index (χ0) is 16.4. The molecular formula is C19H39NO2. The molecule has 0 unspecified atom stereocenters. The van der Waals surface area contributed by atoms with Crippen LogP contribution in [0.5, 0.6) is 0 Å². The number of hydrogen-bond donors (Lipinski definition) is 2. The molecule has 0 aliphatic heterocycles. The predicted octanol–water partition coefficient (Wildman–Crippen LogP) is 5.29. The Labute approximate surface area is 138 Å². The molecule has 0 radical (unpaired) electrons. The third-order valence-electron chi connectivity index (χ3n) is 5.87. The quantitative estimate of drug-likeness (QED) is 0.678. The fourth-order valence-corrected chi connectivity index (χ4v) is 3.74. The van der Waals surface area contributed by atoms with Crippen LogP contribution in [0, 0.1) is 0 Å². The van der Waals surface area contributed by atoms with Gasteiger partial charge in [0.2, 0.25) is 0 Å². The molecule has 0 heterocycles. The molecule has 0 amide bonds. The highest BCUT2D eigenvalue weighted by molar-refractivity contribution is 4.78. The molecule has 2 N–H and O–H groups in total. The van der Waals surface area contributed by atoms with Crippen molar-refractivity contribution in [1.29, 1.82) is 0 Å². The molecule has 2 aliphatic carbocycles. The molecule has 3 heteroatoms. The Balaban J connectivity index is 0.000000261. The Hall–Kier alpha value is -0.120. The van der Waals surface area contributed by atoms with Gasteiger partial charge in [-0.1, -0.05) is 59.3 Å². The molecule has 132 valence electrons. The average molecular weight is 314 g/mol. The van der Waals surface area contributed by atoms with Gasteiger partial charge in [0.05, 0.1) is 5.60 Å². The van der Waals surface area contributed by atoms with E-state index in [9.17, 15) is 10.3 Å². The SMILES string of the molecule is CCC(O)(CC)CC.ON(C1CCCCC1)C1CCCCC1. The fraction of sp³-hybridized carbons (Fsp3) is 1.00. The monoisotopic (exact) mass is 313 g/mol. The van der Waals surface area contributed by atoms with Gasteiger partial charge < -0.3 is 10.3 Å². The van der Waals surface area contributed by atoms with Crippen LogP contribution in [0.25, 0.3) is 0 Å². The number of hydroxylamine groups is 2. The molecule has 2 saturated carbocycles. The fourth-order valence-electron chi connectivity index (χ4n) is 3.74. The molecule has 0 atom stereocenters. The number of aliphatic hydroxyl groups is 1. The lowest BCUT2D eigenvalue weighted by atomic mass is 9.90. The van der Waals surface area contributed by atoms with Crippen LogP contribution >= 0.6 is 0 Å². The van der Waals surface area contributed by atoms with Crippen molar-refractivity contribution in [3.63, 3.8) is 0 Å². The van der Waals surface area contributed by atoms with Crippen molar-refractivity contribution in [2.45, 2.75) is 122 Å². The lowest BCUT2D eigenvalue weighted by molar-refractivity contribution is -0.173. The molecule has 2 rings (SSSR count). The summed E-state index contributed by atoms with van der Waals surface area (Å²) in [6.45, 7) is 6.06. The number of rotatable bonds is 5. The molecule has 2 aliphatic rings. The molecular weight excluding hydrogens is 274 g/mol. The summed E-state index contributed by atoms with van der Waals surface area (Å²) in [5, 5.41) is 21.3. The second-order valence-corrected chi connectivity index (χ2v) is 7.25. The lowest BCUT2D eigenvalue weighted by Gasteiger charge is -2.36. The Morgan fingerprint density at radius 2 is 1.05 bits per heavy atom. The average Bonchev–Trinajstić information content (AvgIpc) is 2.62. The van der Waals surface area contributed by atoms with Gasteiger partial charge in [0.1, 0.15) is 0 Å². The van der Waals surface area contributed by atoms with Crippen molar-refractivity contribution in [2.75, 3.05) is 0 Å². The van der Waals surface area contributed by atoms with Crippen molar-refractivity contribution in [3.05, 3.63) is 0 Å². The van der Waals surface area contributed by atoms with E-state index in [1.165, 1.54) is 64.2 Å². The maximum absolute atomic E-state index is 10.1. The van der Waals surface area contributed by atoms with Crippen LogP contribution in [0.1, 0.15) is 104 Å². The molecule has 0 saturated heterocycles. The molecule has 3 nitrogen and oxygen atoms in total. The van der Waals surface area contributed by atoms with Gasteiger partial charge in [0, 0.05) is 12.1 Å². The summed E-state index contributed by atoms with van der Waals surface area (Å²) in [6.07, 6.45) is 15.5. The maximum atomic E-state index is 10.1. The van der Waals surface area contributed by atoms with Crippen molar-refractivity contribution in [2.24, 2.45) is 0 Å². The van der Waals surface area contributed by atoms with E-state index in [4.69, 9.17) is 0 Å². The smallest absolute Gasteiger partial charge is 0.0640 e. The molecule has 0 spiro atoms. The molecule has 0 aromatic heterocycles. The first-order valence-corrected chi connectivity index (χ1v) is 9.75. The van der Waals surface area contributed by atoms with E-state index in [-0.39, 0.29) is 5.60 Å². The van der Waals surface area contributed by atoms with E-state index in [0.717, 1.165) is 19.3 Å². The van der Waals surface area contributed by atoms with E-state index in [2.05, 4.69) is 0 Å². The number of hydrogen-bond acceptors (Lipinski definition) is 3. The van der Waals surface area contributed by atoms with Crippen LogP contribution in [0.2, 0.25) is 0 Å². The standard InChI is InChI=1S/C12H23NO.C7H16O/c14-13(11-7-3-1-4-8-11)12-9-5-2-6-10-12;1-4-7(8,5-2)6-3/h11-12,14H,1-10H2;8H,4-6H2,1-3H3. The van der Waals surface area contributed by atoms with Crippen molar-refractivity contribution < 1.29 is 10.3 Å². The zero-order valence-corrected chi connectivity index (χ0v) is 15.2. The van der Waals surface area contributed by atoms with Crippen LogP contribution in [0.3, 0.4) is 0 Å². The van der Waals surface area contributed by atoms with E-state index >= 15 is 0 Å². The summed E-state index contributed by atoms with van der Waals surface area (Å²) < 4.78 is 0. The topological polar surface area (TPSA) is 43.7 Å². The van der Waals surface area contributed by atoms with Crippen LogP contribution in [0.4, 0.5) is 0 Å². The van der Waals surface area contributed by atoms with E-state index in [1.54, 1.807) is 5.06 Å². The van der Waals surface area contributed by atoms with Gasteiger partial charge in [-0.25, -0.2) is 0 Å². The van der Waals surface area contributed by atoms with Crippen molar-refractivity contribution in [3.8, 4) is 0 Å². The summed E-state index contributed by atoms with van der Waals surface area (Å²) in [5.74, 6) is 0. The van der Waals surface area contributed by atoms with Crippen LogP contribution in [-0.4, -0.2) is 33.1 Å². The molecule has 0 bridgehead atoms. The van der Waals surface area contributed by atoms with Gasteiger partial charge in [0.25, 0.3) is 0 Å². The second-order valence-electron chi connectivity index (χ2n) is 7.25. The third kappa shape index (κ3) is 6.55. The van der Waals surface area contributed by atoms with Gasteiger partial charge in [-0.05, 0) is 44.9 Å². The van der Waals surface area contributed by atoms with Crippen molar-refractivity contribution in [1.82, 2.24) is 5.06 Å². The van der Waals surface area contributed by atoms with E-state index in [0.29, 0.717) is 12.1 Å². The first-order chi connectivity index (χ1) is 10.6. The predicted molar refractivity (Wildman–Crippen MR) is 93.2 cm³/mol. The minimum atomic E-state index is -0.375. The van der Waals surface area contributed by atoms with Gasteiger partial charge >= 0.3 is 0 Å². The van der Waals surface area contributed by atoms with E-state index in [1.807, 2.05) is 20.8 Å². The largest absolute Gasteiger partial charge is 0.390 e. The maximum Gasteiger partial charge on any atom is 0.0640 e. The molecule has 2 fully saturated rings. The van der Waals surface area contributed by atoms with Crippen LogP contribution < -0.4 is 0 Å². The molecule has 22 heavy (non-hydrogen) atoms. The third-order valence-corrected chi connectivity index (χ3v) is 5.87. The summed E-state index contributed by atoms with van der Waals surface area (Å²) in [6, 6.07) is 0.957. The second kappa shape index (κ2) is 10.6. The number of nitrogens with zero attached hydrogens (tertiary/aromatic N) is 1. The Kier molecular flexibility index (Phi) is 9.62. The summed E-state index contributed by atoms with van der Waals surface area (Å²) in [7, 11) is 0. The summed E-state index contributed by atoms with van der Waals surface area (Å²) in [5.41, 5.74) is -0.375. The molecule has 0 aromatic carbocycles. The highest BCUT2D eigenvalue weighted by Crippen LogP contribution is 2.28. The van der Waals surface area contributed by atoms with Gasteiger partial charge in [-0.15, -0.1) is 0 Å². The minimum absolute atomic E-state index is 0.375. The summed E-state index contributed by atoms with van der Waals surface area (Å²) in [4.78, 5) is 0. The zero-order valence-electron chi connectivity index (χ0n) is 15.2. The van der Waals surface area contributed by atoms with Gasteiger partial charge in [-0.3, -0.25) is 0 Å². The normalized spacial score (nSPS) is 21.5. The van der Waals surface area contributed by atoms with Crippen LogP contribution in [0.15, 0.2) is 0 Å². The highest BCUT2D eigenvalue weighted by atomic mass is 16.5. The lowest BCUT2D eigenvalue weighted by Crippen LogP contribution is -2.42.